The van der Waals surface area contributed by atoms with Crippen molar-refractivity contribution in [2.75, 3.05) is 13.1 Å². The van der Waals surface area contributed by atoms with Crippen LogP contribution in [0.15, 0.2) is 59.0 Å². The van der Waals surface area contributed by atoms with Crippen LogP contribution < -0.4 is 10.6 Å². The van der Waals surface area contributed by atoms with Crippen LogP contribution in [0, 0.1) is 6.92 Å². The fourth-order valence-electron chi connectivity index (χ4n) is 2.85. The lowest BCUT2D eigenvalue weighted by Crippen LogP contribution is -2.44. The molecule has 7 heteroatoms. The summed E-state index contributed by atoms with van der Waals surface area (Å²) in [5.74, 6) is 0.672. The summed E-state index contributed by atoms with van der Waals surface area (Å²) in [4.78, 5) is 5.63. The number of hydrogen-bond acceptors (Lipinski definition) is 4. The maximum Gasteiger partial charge on any atom is 0.191 e. The van der Waals surface area contributed by atoms with E-state index >= 15 is 0 Å². The Morgan fingerprint density at radius 1 is 1.21 bits per heavy atom. The summed E-state index contributed by atoms with van der Waals surface area (Å²) in [5, 5.41) is 23.7. The zero-order valence-corrected chi connectivity index (χ0v) is 17.3. The molecule has 1 atom stereocenters. The van der Waals surface area contributed by atoms with E-state index in [1.54, 1.807) is 11.3 Å². The first kappa shape index (κ1) is 20.1. The van der Waals surface area contributed by atoms with Gasteiger partial charge in [-0.15, -0.1) is 11.3 Å². The van der Waals surface area contributed by atoms with Crippen LogP contribution in [-0.2, 0) is 12.1 Å². The van der Waals surface area contributed by atoms with Gasteiger partial charge >= 0.3 is 0 Å². The van der Waals surface area contributed by atoms with Crippen LogP contribution in [-0.4, -0.2) is 33.9 Å². The zero-order valence-electron chi connectivity index (χ0n) is 16.5. The quantitative estimate of drug-likeness (QED) is 0.423. The predicted octanol–water partition coefficient (Wildman–Crippen LogP) is 3.21. The molecular weight excluding hydrogens is 370 g/mol. The number of hydrogen-bond donors (Lipinski definition) is 3. The van der Waals surface area contributed by atoms with Crippen LogP contribution in [0.4, 0.5) is 0 Å². The molecule has 0 spiro atoms. The fourth-order valence-corrected chi connectivity index (χ4v) is 3.64. The number of aromatic nitrogens is 2. The molecule has 0 bridgehead atoms. The average molecular weight is 398 g/mol. The molecule has 1 unspecified atom stereocenters. The van der Waals surface area contributed by atoms with Gasteiger partial charge in [-0.3, -0.25) is 0 Å². The number of para-hydroxylation sites is 1. The van der Waals surface area contributed by atoms with Crippen LogP contribution >= 0.6 is 11.3 Å². The predicted molar refractivity (Wildman–Crippen MR) is 115 cm³/mol. The van der Waals surface area contributed by atoms with Crippen molar-refractivity contribution in [1.82, 2.24) is 20.4 Å². The molecule has 0 fully saturated rings. The maximum atomic E-state index is 10.7. The van der Waals surface area contributed by atoms with Gasteiger partial charge in [-0.25, -0.2) is 9.67 Å². The van der Waals surface area contributed by atoms with E-state index in [-0.39, 0.29) is 0 Å². The molecule has 1 aromatic carbocycles. The molecule has 0 saturated heterocycles. The molecule has 6 nitrogen and oxygen atoms in total. The molecule has 0 aliphatic carbocycles. The lowest BCUT2D eigenvalue weighted by atomic mass is 10.1. The summed E-state index contributed by atoms with van der Waals surface area (Å²) in [6, 6.07) is 14.0. The number of aliphatic hydroxyl groups is 1. The molecule has 0 saturated carbocycles. The Morgan fingerprint density at radius 2 is 2.04 bits per heavy atom. The summed E-state index contributed by atoms with van der Waals surface area (Å²) >= 11 is 1.55. The number of rotatable bonds is 7. The van der Waals surface area contributed by atoms with Crippen molar-refractivity contribution in [2.24, 2.45) is 4.99 Å². The molecule has 3 rings (SSSR count). The number of guanidine groups is 1. The number of thiophene rings is 1. The Kier molecular flexibility index (Phi) is 6.49. The van der Waals surface area contributed by atoms with Crippen molar-refractivity contribution >= 4 is 17.3 Å². The Morgan fingerprint density at radius 3 is 2.71 bits per heavy atom. The van der Waals surface area contributed by atoms with Gasteiger partial charge in [0.1, 0.15) is 5.60 Å². The highest BCUT2D eigenvalue weighted by Gasteiger charge is 2.24. The van der Waals surface area contributed by atoms with Gasteiger partial charge in [-0.05, 0) is 49.9 Å². The Labute approximate surface area is 170 Å². The molecule has 3 N–H and O–H groups in total. The largest absolute Gasteiger partial charge is 0.383 e. The van der Waals surface area contributed by atoms with E-state index in [1.807, 2.05) is 73.4 Å². The molecule has 28 heavy (non-hydrogen) atoms. The third-order valence-electron chi connectivity index (χ3n) is 4.36. The highest BCUT2D eigenvalue weighted by atomic mass is 32.1. The number of benzene rings is 1. The SMILES string of the molecule is CCNC(=NCc1ccccc1-n1ccc(C)n1)NCC(C)(O)c1cccs1. The topological polar surface area (TPSA) is 74.5 Å². The van der Waals surface area contributed by atoms with E-state index in [1.165, 1.54) is 0 Å². The van der Waals surface area contributed by atoms with Gasteiger partial charge in [0.05, 0.1) is 24.5 Å². The summed E-state index contributed by atoms with van der Waals surface area (Å²) in [6.45, 7) is 7.43. The van der Waals surface area contributed by atoms with Gasteiger partial charge in [-0.1, -0.05) is 24.3 Å². The third kappa shape index (κ3) is 4.99. The molecule has 0 radical (unpaired) electrons. The van der Waals surface area contributed by atoms with E-state index < -0.39 is 5.60 Å². The monoisotopic (exact) mass is 397 g/mol. The van der Waals surface area contributed by atoms with Crippen LogP contribution in [0.3, 0.4) is 0 Å². The van der Waals surface area contributed by atoms with Crippen molar-refractivity contribution in [3.8, 4) is 5.69 Å². The van der Waals surface area contributed by atoms with Gasteiger partial charge in [0.15, 0.2) is 5.96 Å². The third-order valence-corrected chi connectivity index (χ3v) is 5.49. The Balaban J connectivity index is 1.73. The molecule has 3 aromatic rings. The number of nitrogens with one attached hydrogen (secondary N) is 2. The highest BCUT2D eigenvalue weighted by molar-refractivity contribution is 7.10. The van der Waals surface area contributed by atoms with Crippen LogP contribution in [0.25, 0.3) is 5.69 Å². The van der Waals surface area contributed by atoms with E-state index in [0.717, 1.165) is 28.4 Å². The number of nitrogens with zero attached hydrogens (tertiary/aromatic N) is 3. The van der Waals surface area contributed by atoms with Gasteiger partial charge in [0.2, 0.25) is 0 Å². The van der Waals surface area contributed by atoms with Gasteiger partial charge < -0.3 is 15.7 Å². The minimum Gasteiger partial charge on any atom is -0.383 e. The van der Waals surface area contributed by atoms with Crippen molar-refractivity contribution in [2.45, 2.75) is 32.9 Å². The Hall–Kier alpha value is -2.64. The molecular formula is C21H27N5OS. The summed E-state index contributed by atoms with van der Waals surface area (Å²) in [5.41, 5.74) is 2.12. The summed E-state index contributed by atoms with van der Waals surface area (Å²) in [7, 11) is 0. The first-order valence-corrected chi connectivity index (χ1v) is 10.3. The van der Waals surface area contributed by atoms with Crippen molar-refractivity contribution in [3.05, 3.63) is 70.2 Å². The molecule has 0 aliphatic heterocycles. The van der Waals surface area contributed by atoms with E-state index in [4.69, 9.17) is 4.99 Å². The standard InChI is InChI=1S/C21H27N5OS/c1-4-22-20(24-15-21(3,27)19-10-7-13-28-19)23-14-17-8-5-6-9-18(17)26-12-11-16(2)25-26/h5-13,27H,4,14-15H2,1-3H3,(H2,22,23,24). The smallest absolute Gasteiger partial charge is 0.191 e. The number of aryl methyl sites for hydroxylation is 1. The first-order valence-electron chi connectivity index (χ1n) is 9.38. The maximum absolute atomic E-state index is 10.7. The Bertz CT molecular complexity index is 915. The van der Waals surface area contributed by atoms with Crippen molar-refractivity contribution in [1.29, 1.82) is 0 Å². The van der Waals surface area contributed by atoms with Gasteiger partial charge in [-0.2, -0.15) is 5.10 Å². The normalized spacial score (nSPS) is 13.9. The van der Waals surface area contributed by atoms with Crippen LogP contribution in [0.1, 0.15) is 30.0 Å². The zero-order chi connectivity index (χ0) is 20.0. The van der Waals surface area contributed by atoms with Crippen LogP contribution in [0.2, 0.25) is 0 Å². The van der Waals surface area contributed by atoms with Crippen LogP contribution in [0.5, 0.6) is 0 Å². The van der Waals surface area contributed by atoms with Crippen molar-refractivity contribution < 1.29 is 5.11 Å². The fraction of sp³-hybridized carbons (Fsp3) is 0.333. The molecule has 148 valence electrons. The molecule has 2 aromatic heterocycles. The second kappa shape index (κ2) is 9.03. The highest BCUT2D eigenvalue weighted by Crippen LogP contribution is 2.24. The van der Waals surface area contributed by atoms with Gasteiger partial charge in [0, 0.05) is 17.6 Å². The van der Waals surface area contributed by atoms with Crippen molar-refractivity contribution in [3.63, 3.8) is 0 Å². The second-order valence-electron chi connectivity index (χ2n) is 6.83. The lowest BCUT2D eigenvalue weighted by molar-refractivity contribution is 0.0655. The number of aliphatic imine (C=N–C) groups is 1. The van der Waals surface area contributed by atoms with E-state index in [9.17, 15) is 5.11 Å². The average Bonchev–Trinajstić information content (AvgIpc) is 3.36. The second-order valence-corrected chi connectivity index (χ2v) is 7.78. The van der Waals surface area contributed by atoms with E-state index in [0.29, 0.717) is 19.0 Å². The summed E-state index contributed by atoms with van der Waals surface area (Å²) < 4.78 is 1.88. The van der Waals surface area contributed by atoms with Gasteiger partial charge in [0.25, 0.3) is 0 Å². The summed E-state index contributed by atoms with van der Waals surface area (Å²) in [6.07, 6.45) is 1.96. The molecule has 2 heterocycles. The lowest BCUT2D eigenvalue weighted by Gasteiger charge is -2.23. The minimum absolute atomic E-state index is 0.374. The molecule has 0 aliphatic rings. The van der Waals surface area contributed by atoms with E-state index in [2.05, 4.69) is 21.8 Å². The minimum atomic E-state index is -0.950. The molecule has 0 amide bonds. The first-order chi connectivity index (χ1) is 13.5.